The molecule has 5 atom stereocenters. The maximum Gasteiger partial charge on any atom is 0.335 e. The van der Waals surface area contributed by atoms with Crippen molar-refractivity contribution in [1.82, 2.24) is 0 Å². The Kier molecular flexibility index (Phi) is 4.22. The molecule has 0 bridgehead atoms. The smallest absolute Gasteiger partial charge is 0.335 e. The second-order valence-corrected chi connectivity index (χ2v) is 7.79. The summed E-state index contributed by atoms with van der Waals surface area (Å²) in [5.74, 6) is -3.71. The molecule has 0 unspecified atom stereocenters. The summed E-state index contributed by atoms with van der Waals surface area (Å²) in [5.41, 5.74) is 0. The number of carboxylic acid groups (broad SMARTS) is 1. The Hall–Kier alpha value is -0.770. The lowest BCUT2D eigenvalue weighted by Crippen LogP contribution is -2.49. The molecule has 8 heteroatoms. The fraction of sp³-hybridized carbons (Fsp3) is 0.938. The Labute approximate surface area is 141 Å². The van der Waals surface area contributed by atoms with E-state index in [-0.39, 0.29) is 6.10 Å². The van der Waals surface area contributed by atoms with Gasteiger partial charge in [0.05, 0.1) is 6.61 Å². The van der Waals surface area contributed by atoms with Crippen LogP contribution in [0.15, 0.2) is 0 Å². The summed E-state index contributed by atoms with van der Waals surface area (Å²) in [5, 5.41) is 9.48. The van der Waals surface area contributed by atoms with Crippen LogP contribution in [0.4, 0.5) is 0 Å². The van der Waals surface area contributed by atoms with Crippen molar-refractivity contribution in [1.29, 1.82) is 0 Å². The molecule has 0 spiro atoms. The maximum atomic E-state index is 11.6. The molecule has 3 rings (SSSR count). The number of hydrogen-bond donors (Lipinski definition) is 1. The molecule has 3 fully saturated rings. The molecule has 0 amide bonds. The van der Waals surface area contributed by atoms with E-state index in [2.05, 4.69) is 0 Å². The van der Waals surface area contributed by atoms with Gasteiger partial charge in [-0.2, -0.15) is 0 Å². The molecule has 3 aliphatic heterocycles. The van der Waals surface area contributed by atoms with Crippen molar-refractivity contribution in [3.8, 4) is 0 Å². The third kappa shape index (κ3) is 3.44. The highest BCUT2D eigenvalue weighted by atomic mass is 16.8. The van der Waals surface area contributed by atoms with E-state index in [9.17, 15) is 9.90 Å². The number of hydrogen-bond acceptors (Lipinski definition) is 7. The third-order valence-electron chi connectivity index (χ3n) is 4.26. The van der Waals surface area contributed by atoms with Gasteiger partial charge in [-0.25, -0.2) is 4.79 Å². The second kappa shape index (κ2) is 5.62. The van der Waals surface area contributed by atoms with Crippen LogP contribution in [0.3, 0.4) is 0 Å². The predicted molar refractivity (Wildman–Crippen MR) is 80.2 cm³/mol. The molecular formula is C16H26O8. The van der Waals surface area contributed by atoms with Gasteiger partial charge in [-0.15, -0.1) is 0 Å². The van der Waals surface area contributed by atoms with Crippen molar-refractivity contribution in [2.24, 2.45) is 0 Å². The van der Waals surface area contributed by atoms with Gasteiger partial charge >= 0.3 is 5.97 Å². The zero-order chi connectivity index (χ0) is 17.9. The predicted octanol–water partition coefficient (Wildman–Crippen LogP) is 1.26. The fourth-order valence-corrected chi connectivity index (χ4v) is 3.46. The SMILES string of the molecule is CC1(C)O[C@H]([C@@H]2OC(C)(C)O[C@H]2C(=O)O)[C@@H]([C@H]2COC(C)(C)O2)O1. The molecule has 3 aliphatic rings. The van der Waals surface area contributed by atoms with E-state index < -0.39 is 47.7 Å². The van der Waals surface area contributed by atoms with Crippen LogP contribution in [0.5, 0.6) is 0 Å². The first-order valence-corrected chi connectivity index (χ1v) is 8.15. The molecule has 0 aromatic heterocycles. The Morgan fingerprint density at radius 2 is 1.33 bits per heavy atom. The molecule has 0 aromatic rings. The minimum atomic E-state index is -1.14. The number of ether oxygens (including phenoxy) is 6. The highest BCUT2D eigenvalue weighted by Gasteiger charge is 2.59. The van der Waals surface area contributed by atoms with Crippen molar-refractivity contribution >= 4 is 5.97 Å². The van der Waals surface area contributed by atoms with Crippen molar-refractivity contribution in [3.63, 3.8) is 0 Å². The van der Waals surface area contributed by atoms with Gasteiger partial charge in [0.25, 0.3) is 0 Å². The van der Waals surface area contributed by atoms with Gasteiger partial charge < -0.3 is 33.5 Å². The molecule has 0 aromatic carbocycles. The topological polar surface area (TPSA) is 92.7 Å². The van der Waals surface area contributed by atoms with E-state index in [1.54, 1.807) is 27.7 Å². The minimum Gasteiger partial charge on any atom is -0.479 e. The second-order valence-electron chi connectivity index (χ2n) is 7.79. The van der Waals surface area contributed by atoms with Gasteiger partial charge in [0.15, 0.2) is 23.5 Å². The summed E-state index contributed by atoms with van der Waals surface area (Å²) in [6.07, 6.45) is -3.50. The first-order valence-electron chi connectivity index (χ1n) is 8.15. The Balaban J connectivity index is 1.85. The lowest BCUT2D eigenvalue weighted by atomic mass is 9.99. The van der Waals surface area contributed by atoms with Crippen molar-refractivity contribution in [2.45, 2.75) is 89.4 Å². The highest BCUT2D eigenvalue weighted by molar-refractivity contribution is 5.73. The number of rotatable bonds is 3. The van der Waals surface area contributed by atoms with Crippen LogP contribution in [0.1, 0.15) is 41.5 Å². The number of carbonyl (C=O) groups is 1. The van der Waals surface area contributed by atoms with Crippen LogP contribution in [0.25, 0.3) is 0 Å². The van der Waals surface area contributed by atoms with E-state index in [1.807, 2.05) is 13.8 Å². The lowest BCUT2D eigenvalue weighted by molar-refractivity contribution is -0.178. The Morgan fingerprint density at radius 3 is 1.88 bits per heavy atom. The summed E-state index contributed by atoms with van der Waals surface area (Å²) >= 11 is 0. The van der Waals surface area contributed by atoms with E-state index in [4.69, 9.17) is 28.4 Å². The molecule has 0 aliphatic carbocycles. The fourth-order valence-electron chi connectivity index (χ4n) is 3.46. The first-order chi connectivity index (χ1) is 10.9. The summed E-state index contributed by atoms with van der Waals surface area (Å²) in [4.78, 5) is 11.6. The minimum absolute atomic E-state index is 0.336. The zero-order valence-electron chi connectivity index (χ0n) is 14.9. The summed E-state index contributed by atoms with van der Waals surface area (Å²) in [7, 11) is 0. The van der Waals surface area contributed by atoms with E-state index in [1.165, 1.54) is 0 Å². The van der Waals surface area contributed by atoms with E-state index in [0.717, 1.165) is 0 Å². The molecule has 3 saturated heterocycles. The van der Waals surface area contributed by atoms with Crippen LogP contribution in [-0.4, -0.2) is 65.6 Å². The van der Waals surface area contributed by atoms with Gasteiger partial charge in [-0.3, -0.25) is 0 Å². The standard InChI is InChI=1S/C16H26O8/c1-14(2)19-7-8(20-14)9-10(22-15(3,4)21-9)11-12(13(17)18)24-16(5,6)23-11/h8-12H,7H2,1-6H3,(H,17,18)/t8-,9-,10+,11+,12-/m1/s1. The van der Waals surface area contributed by atoms with Crippen molar-refractivity contribution < 1.29 is 38.3 Å². The van der Waals surface area contributed by atoms with Crippen LogP contribution < -0.4 is 0 Å². The molecule has 0 radical (unpaired) electrons. The van der Waals surface area contributed by atoms with Crippen molar-refractivity contribution in [3.05, 3.63) is 0 Å². The molecule has 1 N–H and O–H groups in total. The summed E-state index contributed by atoms with van der Waals surface area (Å²) in [6.45, 7) is 10.9. The van der Waals surface area contributed by atoms with Crippen LogP contribution in [0.2, 0.25) is 0 Å². The molecule has 8 nitrogen and oxygen atoms in total. The first kappa shape index (κ1) is 18.0. The van der Waals surface area contributed by atoms with Gasteiger partial charge in [0.1, 0.15) is 24.4 Å². The maximum absolute atomic E-state index is 11.6. The average molecular weight is 346 g/mol. The monoisotopic (exact) mass is 346 g/mol. The Morgan fingerprint density at radius 1 is 0.792 bits per heavy atom. The zero-order valence-corrected chi connectivity index (χ0v) is 14.9. The third-order valence-corrected chi connectivity index (χ3v) is 4.26. The van der Waals surface area contributed by atoms with Gasteiger partial charge in [-0.1, -0.05) is 0 Å². The number of aliphatic carboxylic acids is 1. The molecule has 3 heterocycles. The molecule has 0 saturated carbocycles. The van der Waals surface area contributed by atoms with E-state index in [0.29, 0.717) is 6.61 Å². The van der Waals surface area contributed by atoms with Gasteiger partial charge in [0.2, 0.25) is 0 Å². The summed E-state index contributed by atoms with van der Waals surface area (Å²) in [6, 6.07) is 0. The van der Waals surface area contributed by atoms with Gasteiger partial charge in [-0.05, 0) is 41.5 Å². The quantitative estimate of drug-likeness (QED) is 0.816. The van der Waals surface area contributed by atoms with Crippen LogP contribution in [-0.2, 0) is 33.2 Å². The van der Waals surface area contributed by atoms with Crippen molar-refractivity contribution in [2.75, 3.05) is 6.61 Å². The average Bonchev–Trinajstić information content (AvgIpc) is 3.02. The van der Waals surface area contributed by atoms with Crippen LogP contribution >= 0.6 is 0 Å². The molecular weight excluding hydrogens is 320 g/mol. The van der Waals surface area contributed by atoms with E-state index >= 15 is 0 Å². The van der Waals surface area contributed by atoms with Crippen LogP contribution in [0, 0.1) is 0 Å². The van der Waals surface area contributed by atoms with Gasteiger partial charge in [0, 0.05) is 0 Å². The summed E-state index contributed by atoms with van der Waals surface area (Å²) < 4.78 is 34.8. The largest absolute Gasteiger partial charge is 0.479 e. The Bertz CT molecular complexity index is 514. The number of carboxylic acids is 1. The molecule has 24 heavy (non-hydrogen) atoms. The molecule has 138 valence electrons. The highest BCUT2D eigenvalue weighted by Crippen LogP contribution is 2.41. The normalized spacial score (nSPS) is 43.2. The lowest BCUT2D eigenvalue weighted by Gasteiger charge is -2.27.